The van der Waals surface area contributed by atoms with Crippen LogP contribution >= 0.6 is 0 Å². The number of piperidine rings is 1. The Kier molecular flexibility index (Phi) is 4.81. The van der Waals surface area contributed by atoms with Crippen molar-refractivity contribution in [2.24, 2.45) is 17.8 Å². The molecule has 5 atom stereocenters. The third-order valence-electron chi connectivity index (χ3n) is 4.01. The van der Waals surface area contributed by atoms with Crippen LogP contribution in [0.3, 0.4) is 0 Å². The molecule has 0 bridgehead atoms. The second-order valence-corrected chi connectivity index (χ2v) is 5.42. The first-order valence-electron chi connectivity index (χ1n) is 6.88. The summed E-state index contributed by atoms with van der Waals surface area (Å²) in [5.41, 5.74) is 0. The van der Waals surface area contributed by atoms with Crippen molar-refractivity contribution >= 4 is 0 Å². The summed E-state index contributed by atoms with van der Waals surface area (Å²) in [6, 6.07) is 0.664. The Morgan fingerprint density at radius 2 is 1.75 bits per heavy atom. The van der Waals surface area contributed by atoms with Gasteiger partial charge in [-0.25, -0.2) is 0 Å². The van der Waals surface area contributed by atoms with Crippen molar-refractivity contribution < 1.29 is 4.74 Å². The average molecular weight is 227 g/mol. The van der Waals surface area contributed by atoms with E-state index in [0.717, 1.165) is 17.8 Å². The molecule has 0 radical (unpaired) electrons. The molecule has 0 N–H and O–H groups in total. The normalized spacial score (nSPS) is 39.0. The lowest BCUT2D eigenvalue weighted by atomic mass is 10.1. The molecular weight excluding hydrogens is 198 g/mol. The Morgan fingerprint density at radius 3 is 2.19 bits per heavy atom. The Bertz CT molecular complexity index is 217. The summed E-state index contributed by atoms with van der Waals surface area (Å²) in [5, 5.41) is 0. The zero-order valence-corrected chi connectivity index (χ0v) is 12.0. The Balaban J connectivity index is 0.000000606. The largest absolute Gasteiger partial charge is 0.374 e. The maximum atomic E-state index is 5.91. The van der Waals surface area contributed by atoms with E-state index in [9.17, 15) is 0 Å². The first-order chi connectivity index (χ1) is 7.52. The van der Waals surface area contributed by atoms with Gasteiger partial charge in [0.15, 0.2) is 0 Å². The molecule has 1 saturated carbocycles. The molecule has 0 amide bonds. The molecular formula is C14H29NO. The van der Waals surface area contributed by atoms with E-state index in [0.29, 0.717) is 18.2 Å². The van der Waals surface area contributed by atoms with Gasteiger partial charge in [-0.2, -0.15) is 0 Å². The number of hydrogen-bond donors (Lipinski definition) is 0. The number of rotatable bonds is 3. The summed E-state index contributed by atoms with van der Waals surface area (Å²) in [4.78, 5) is 2.49. The molecule has 2 aliphatic rings. The lowest BCUT2D eigenvalue weighted by molar-refractivity contribution is -0.0291. The van der Waals surface area contributed by atoms with Crippen LogP contribution in [0.5, 0.6) is 0 Å². The van der Waals surface area contributed by atoms with Crippen molar-refractivity contribution in [3.63, 3.8) is 0 Å². The van der Waals surface area contributed by atoms with E-state index in [1.807, 2.05) is 13.8 Å². The molecule has 2 rings (SSSR count). The van der Waals surface area contributed by atoms with Crippen molar-refractivity contribution in [1.29, 1.82) is 0 Å². The molecule has 2 heteroatoms. The van der Waals surface area contributed by atoms with Crippen LogP contribution in [0.15, 0.2) is 0 Å². The highest BCUT2D eigenvalue weighted by Crippen LogP contribution is 2.55. The third-order valence-corrected chi connectivity index (χ3v) is 4.01. The highest BCUT2D eigenvalue weighted by Gasteiger charge is 2.59. The number of ether oxygens (including phenoxy) is 1. The summed E-state index contributed by atoms with van der Waals surface area (Å²) < 4.78 is 5.91. The first-order valence-corrected chi connectivity index (χ1v) is 6.88. The summed E-state index contributed by atoms with van der Waals surface area (Å²) in [5.74, 6) is 2.81. The molecule has 16 heavy (non-hydrogen) atoms. The zero-order valence-electron chi connectivity index (χ0n) is 12.0. The summed E-state index contributed by atoms with van der Waals surface area (Å²) in [6.45, 7) is 14.1. The highest BCUT2D eigenvalue weighted by atomic mass is 16.5. The molecule has 0 spiro atoms. The number of hydrogen-bond acceptors (Lipinski definition) is 2. The molecule has 1 aliphatic carbocycles. The minimum Gasteiger partial charge on any atom is -0.374 e. The maximum Gasteiger partial charge on any atom is 0.0708 e. The molecule has 0 aromatic carbocycles. The Morgan fingerprint density at radius 1 is 1.19 bits per heavy atom. The van der Waals surface area contributed by atoms with Crippen LogP contribution < -0.4 is 0 Å². The predicted molar refractivity (Wildman–Crippen MR) is 69.6 cm³/mol. The monoisotopic (exact) mass is 227 g/mol. The molecule has 2 nitrogen and oxygen atoms in total. The molecule has 1 saturated heterocycles. The fourth-order valence-corrected chi connectivity index (χ4v) is 3.36. The van der Waals surface area contributed by atoms with Gasteiger partial charge in [0.05, 0.1) is 12.2 Å². The van der Waals surface area contributed by atoms with Crippen LogP contribution in [0.4, 0.5) is 0 Å². The SMILES string of the molecule is CC.CC(C)O[C@@H](C)C1C2C(C)C2CN1C. The van der Waals surface area contributed by atoms with Crippen molar-refractivity contribution in [2.45, 2.75) is 59.8 Å². The third kappa shape index (κ3) is 2.60. The van der Waals surface area contributed by atoms with Gasteiger partial charge in [-0.3, -0.25) is 0 Å². The van der Waals surface area contributed by atoms with Crippen molar-refractivity contribution in [3.05, 3.63) is 0 Å². The van der Waals surface area contributed by atoms with Crippen LogP contribution in [0, 0.1) is 17.8 Å². The van der Waals surface area contributed by atoms with Gasteiger partial charge in [0.25, 0.3) is 0 Å². The molecule has 0 aromatic heterocycles. The van der Waals surface area contributed by atoms with Crippen LogP contribution in [0.25, 0.3) is 0 Å². The maximum absolute atomic E-state index is 5.91. The second kappa shape index (κ2) is 5.50. The van der Waals surface area contributed by atoms with Crippen LogP contribution in [0.2, 0.25) is 0 Å². The fraction of sp³-hybridized carbons (Fsp3) is 1.00. The first kappa shape index (κ1) is 14.0. The standard InChI is InChI=1S/C12H23NO.C2H6/c1-7(2)14-9(4)12-11-8(3)10(11)6-13(12)5;1-2/h7-12H,6H2,1-5H3;1-2H3/t8?,9-,10?,11?,12?;/m0./s1. The Hall–Kier alpha value is -0.0800. The van der Waals surface area contributed by atoms with Crippen LogP contribution in [-0.4, -0.2) is 36.7 Å². The van der Waals surface area contributed by atoms with Gasteiger partial charge in [-0.1, -0.05) is 20.8 Å². The fourth-order valence-electron chi connectivity index (χ4n) is 3.36. The molecule has 1 heterocycles. The van der Waals surface area contributed by atoms with E-state index >= 15 is 0 Å². The van der Waals surface area contributed by atoms with E-state index in [4.69, 9.17) is 4.74 Å². The van der Waals surface area contributed by atoms with E-state index in [1.165, 1.54) is 6.54 Å². The number of likely N-dealkylation sites (tertiary alicyclic amines) is 1. The van der Waals surface area contributed by atoms with Gasteiger partial charge in [-0.15, -0.1) is 0 Å². The molecule has 0 aromatic rings. The van der Waals surface area contributed by atoms with Crippen LogP contribution in [0.1, 0.15) is 41.5 Å². The number of nitrogens with zero attached hydrogens (tertiary/aromatic N) is 1. The Labute approximate surface area is 101 Å². The van der Waals surface area contributed by atoms with Gasteiger partial charge in [0.2, 0.25) is 0 Å². The molecule has 2 fully saturated rings. The second-order valence-electron chi connectivity index (χ2n) is 5.42. The molecule has 1 aliphatic heterocycles. The summed E-state index contributed by atoms with van der Waals surface area (Å²) >= 11 is 0. The van der Waals surface area contributed by atoms with Crippen molar-refractivity contribution in [2.75, 3.05) is 13.6 Å². The summed E-state index contributed by atoms with van der Waals surface area (Å²) in [7, 11) is 2.24. The van der Waals surface area contributed by atoms with Gasteiger partial charge < -0.3 is 9.64 Å². The zero-order chi connectivity index (χ0) is 12.5. The van der Waals surface area contributed by atoms with E-state index in [1.54, 1.807) is 0 Å². The number of likely N-dealkylation sites (N-methyl/N-ethyl adjacent to an activating group) is 1. The van der Waals surface area contributed by atoms with Crippen molar-refractivity contribution in [3.8, 4) is 0 Å². The van der Waals surface area contributed by atoms with E-state index < -0.39 is 0 Å². The summed E-state index contributed by atoms with van der Waals surface area (Å²) in [6.07, 6.45) is 0.742. The van der Waals surface area contributed by atoms with Gasteiger partial charge >= 0.3 is 0 Å². The van der Waals surface area contributed by atoms with Crippen molar-refractivity contribution in [1.82, 2.24) is 4.90 Å². The van der Waals surface area contributed by atoms with Gasteiger partial charge in [0, 0.05) is 12.6 Å². The quantitative estimate of drug-likeness (QED) is 0.735. The molecule has 96 valence electrons. The minimum absolute atomic E-state index is 0.353. The molecule has 4 unspecified atom stereocenters. The topological polar surface area (TPSA) is 12.5 Å². The van der Waals surface area contributed by atoms with Gasteiger partial charge in [-0.05, 0) is 45.6 Å². The van der Waals surface area contributed by atoms with E-state index in [2.05, 4.69) is 39.6 Å². The lowest BCUT2D eigenvalue weighted by Crippen LogP contribution is -2.41. The smallest absolute Gasteiger partial charge is 0.0708 e. The predicted octanol–water partition coefficient (Wildman–Crippen LogP) is 3.02. The van der Waals surface area contributed by atoms with Crippen LogP contribution in [-0.2, 0) is 4.74 Å². The minimum atomic E-state index is 0.353. The highest BCUT2D eigenvalue weighted by molar-refractivity contribution is 5.09. The number of fused-ring (bicyclic) bond motifs is 1. The lowest BCUT2D eigenvalue weighted by Gasteiger charge is -2.31. The van der Waals surface area contributed by atoms with E-state index in [-0.39, 0.29) is 0 Å². The van der Waals surface area contributed by atoms with Gasteiger partial charge in [0.1, 0.15) is 0 Å². The average Bonchev–Trinajstić information content (AvgIpc) is 2.70.